The van der Waals surface area contributed by atoms with Gasteiger partial charge in [0.25, 0.3) is 0 Å². The van der Waals surface area contributed by atoms with Gasteiger partial charge in [-0.15, -0.1) is 10.2 Å². The average molecular weight is 244 g/mol. The highest BCUT2D eigenvalue weighted by Gasteiger charge is 2.65. The molecule has 0 spiro atoms. The summed E-state index contributed by atoms with van der Waals surface area (Å²) in [6.07, 6.45) is -4.58. The average Bonchev–Trinajstić information content (AvgIpc) is 2.96. The van der Waals surface area contributed by atoms with Crippen LogP contribution in [-0.2, 0) is 10.5 Å². The number of hydrogen-bond donors (Lipinski definition) is 0. The van der Waals surface area contributed by atoms with Gasteiger partial charge < -0.3 is 4.74 Å². The van der Waals surface area contributed by atoms with Gasteiger partial charge in [-0.2, -0.15) is 13.2 Å². The monoisotopic (exact) mass is 244 g/mol. The zero-order valence-electron chi connectivity index (χ0n) is 8.65. The van der Waals surface area contributed by atoms with Crippen LogP contribution in [0.25, 0.3) is 0 Å². The molecule has 1 aromatic carbocycles. The molecule has 0 bridgehead atoms. The lowest BCUT2D eigenvalue weighted by atomic mass is 10.0. The molecular weight excluding hydrogens is 237 g/mol. The third-order valence-corrected chi connectivity index (χ3v) is 2.19. The van der Waals surface area contributed by atoms with Crippen LogP contribution >= 0.6 is 0 Å². The first-order valence-electron chi connectivity index (χ1n) is 4.65. The van der Waals surface area contributed by atoms with E-state index in [1.807, 2.05) is 0 Å². The molecular formula is C10H7F3N2O2. The van der Waals surface area contributed by atoms with Crippen LogP contribution in [0.15, 0.2) is 34.5 Å². The Morgan fingerprint density at radius 1 is 1.35 bits per heavy atom. The van der Waals surface area contributed by atoms with Gasteiger partial charge in [-0.25, -0.2) is 0 Å². The SMILES string of the molecule is CC(=O)Oc1cccc(C2(C(F)(F)F)N=N2)c1. The van der Waals surface area contributed by atoms with Crippen LogP contribution in [0.2, 0.25) is 0 Å². The standard InChI is InChI=1S/C10H7F3N2O2/c1-6(16)17-8-4-2-3-7(5-8)9(14-15-9)10(11,12)13/h2-5H,1H3. The smallest absolute Gasteiger partial charge is 0.427 e. The maximum absolute atomic E-state index is 12.7. The van der Waals surface area contributed by atoms with E-state index in [-0.39, 0.29) is 11.3 Å². The van der Waals surface area contributed by atoms with Crippen molar-refractivity contribution in [3.63, 3.8) is 0 Å². The molecule has 0 aliphatic carbocycles. The number of esters is 1. The second-order valence-corrected chi connectivity index (χ2v) is 3.49. The fraction of sp³-hybridized carbons (Fsp3) is 0.300. The van der Waals surface area contributed by atoms with E-state index in [2.05, 4.69) is 10.2 Å². The summed E-state index contributed by atoms with van der Waals surface area (Å²) in [6.45, 7) is 1.16. The number of halogens is 3. The normalized spacial score (nSPS) is 16.7. The highest BCUT2D eigenvalue weighted by molar-refractivity contribution is 5.69. The number of ether oxygens (including phenoxy) is 1. The number of carbonyl (C=O) groups is 1. The molecule has 4 nitrogen and oxygen atoms in total. The summed E-state index contributed by atoms with van der Waals surface area (Å²) in [6, 6.07) is 5.08. The van der Waals surface area contributed by atoms with Gasteiger partial charge in [-0.05, 0) is 12.1 Å². The van der Waals surface area contributed by atoms with E-state index < -0.39 is 17.8 Å². The molecule has 2 rings (SSSR count). The van der Waals surface area contributed by atoms with Gasteiger partial charge in [0.15, 0.2) is 0 Å². The van der Waals surface area contributed by atoms with E-state index in [1.165, 1.54) is 18.2 Å². The number of benzene rings is 1. The van der Waals surface area contributed by atoms with Crippen molar-refractivity contribution in [3.05, 3.63) is 29.8 Å². The Kier molecular flexibility index (Phi) is 2.41. The minimum atomic E-state index is -4.58. The maximum Gasteiger partial charge on any atom is 0.442 e. The lowest BCUT2D eigenvalue weighted by molar-refractivity contribution is -0.166. The summed E-state index contributed by atoms with van der Waals surface area (Å²) in [7, 11) is 0. The van der Waals surface area contributed by atoms with E-state index in [0.29, 0.717) is 0 Å². The predicted molar refractivity (Wildman–Crippen MR) is 50.3 cm³/mol. The predicted octanol–water partition coefficient (Wildman–Crippen LogP) is 2.79. The van der Waals surface area contributed by atoms with Crippen LogP contribution in [0.4, 0.5) is 13.2 Å². The minimum absolute atomic E-state index is 0.0379. The first-order chi connectivity index (χ1) is 7.85. The molecule has 7 heteroatoms. The molecule has 0 aromatic heterocycles. The molecule has 90 valence electrons. The summed E-state index contributed by atoms with van der Waals surface area (Å²) in [4.78, 5) is 10.7. The Morgan fingerprint density at radius 2 is 2.00 bits per heavy atom. The van der Waals surface area contributed by atoms with Crippen LogP contribution < -0.4 is 4.74 Å². The maximum atomic E-state index is 12.7. The fourth-order valence-corrected chi connectivity index (χ4v) is 1.38. The van der Waals surface area contributed by atoms with Crippen molar-refractivity contribution < 1.29 is 22.7 Å². The number of nitrogens with zero attached hydrogens (tertiary/aromatic N) is 2. The quantitative estimate of drug-likeness (QED) is 0.593. The van der Waals surface area contributed by atoms with Crippen molar-refractivity contribution in [3.8, 4) is 5.75 Å². The van der Waals surface area contributed by atoms with E-state index in [1.54, 1.807) is 0 Å². The summed E-state index contributed by atoms with van der Waals surface area (Å²) in [5.41, 5.74) is -2.65. The molecule has 1 aliphatic rings. The van der Waals surface area contributed by atoms with E-state index >= 15 is 0 Å². The van der Waals surface area contributed by atoms with Gasteiger partial charge in [0, 0.05) is 12.5 Å². The van der Waals surface area contributed by atoms with Crippen molar-refractivity contribution in [2.45, 2.75) is 18.8 Å². The molecule has 17 heavy (non-hydrogen) atoms. The Morgan fingerprint density at radius 3 is 2.47 bits per heavy atom. The van der Waals surface area contributed by atoms with Crippen LogP contribution in [0.1, 0.15) is 12.5 Å². The molecule has 0 saturated heterocycles. The summed E-state index contributed by atoms with van der Waals surface area (Å²) < 4.78 is 42.7. The molecule has 0 saturated carbocycles. The molecule has 0 atom stereocenters. The topological polar surface area (TPSA) is 51.0 Å². The van der Waals surface area contributed by atoms with Gasteiger partial charge >= 0.3 is 17.8 Å². The van der Waals surface area contributed by atoms with E-state index in [4.69, 9.17) is 4.74 Å². The summed E-state index contributed by atoms with van der Waals surface area (Å²) in [5.74, 6) is -0.566. The summed E-state index contributed by atoms with van der Waals surface area (Å²) >= 11 is 0. The fourth-order valence-electron chi connectivity index (χ4n) is 1.38. The first-order valence-corrected chi connectivity index (χ1v) is 4.65. The van der Waals surface area contributed by atoms with Crippen LogP contribution in [0.5, 0.6) is 5.75 Å². The molecule has 0 N–H and O–H groups in total. The number of alkyl halides is 3. The number of rotatable bonds is 2. The van der Waals surface area contributed by atoms with Crippen LogP contribution in [0.3, 0.4) is 0 Å². The minimum Gasteiger partial charge on any atom is -0.427 e. The first kappa shape index (κ1) is 11.6. The van der Waals surface area contributed by atoms with E-state index in [0.717, 1.165) is 13.0 Å². The lowest BCUT2D eigenvalue weighted by Gasteiger charge is -2.15. The van der Waals surface area contributed by atoms with Crippen molar-refractivity contribution in [2.24, 2.45) is 10.2 Å². The van der Waals surface area contributed by atoms with Crippen LogP contribution in [0, 0.1) is 0 Å². The molecule has 0 amide bonds. The van der Waals surface area contributed by atoms with Crippen molar-refractivity contribution in [1.29, 1.82) is 0 Å². The Labute approximate surface area is 94.1 Å². The van der Waals surface area contributed by atoms with Crippen molar-refractivity contribution >= 4 is 5.97 Å². The lowest BCUT2D eigenvalue weighted by Crippen LogP contribution is -2.30. The van der Waals surface area contributed by atoms with Gasteiger partial charge in [0.2, 0.25) is 0 Å². The molecule has 1 aliphatic heterocycles. The van der Waals surface area contributed by atoms with Crippen molar-refractivity contribution in [1.82, 2.24) is 0 Å². The molecule has 1 heterocycles. The third kappa shape index (κ3) is 2.00. The molecule has 0 fully saturated rings. The third-order valence-electron chi connectivity index (χ3n) is 2.19. The molecule has 0 radical (unpaired) electrons. The zero-order chi connectivity index (χ0) is 12.7. The Balaban J connectivity index is 2.31. The Bertz CT molecular complexity index is 491. The van der Waals surface area contributed by atoms with Crippen LogP contribution in [-0.4, -0.2) is 12.1 Å². The summed E-state index contributed by atoms with van der Waals surface area (Å²) in [5, 5.41) is 6.11. The van der Waals surface area contributed by atoms with Gasteiger partial charge in [-0.1, -0.05) is 12.1 Å². The molecule has 1 aromatic rings. The number of carbonyl (C=O) groups excluding carboxylic acids is 1. The number of hydrogen-bond acceptors (Lipinski definition) is 4. The largest absolute Gasteiger partial charge is 0.442 e. The van der Waals surface area contributed by atoms with Gasteiger partial charge in [0.1, 0.15) is 5.75 Å². The zero-order valence-corrected chi connectivity index (χ0v) is 8.65. The van der Waals surface area contributed by atoms with E-state index in [9.17, 15) is 18.0 Å². The Hall–Kier alpha value is -1.92. The highest BCUT2D eigenvalue weighted by Crippen LogP contribution is 2.52. The van der Waals surface area contributed by atoms with Crippen molar-refractivity contribution in [2.75, 3.05) is 0 Å². The second kappa shape index (κ2) is 3.54. The van der Waals surface area contributed by atoms with Gasteiger partial charge in [-0.3, -0.25) is 4.79 Å². The second-order valence-electron chi connectivity index (χ2n) is 3.49. The highest BCUT2D eigenvalue weighted by atomic mass is 19.4. The van der Waals surface area contributed by atoms with Gasteiger partial charge in [0.05, 0.1) is 0 Å². The molecule has 0 unspecified atom stereocenters.